The molecule has 0 spiro atoms. The Morgan fingerprint density at radius 1 is 1.05 bits per heavy atom. The number of benzene rings is 1. The molecule has 0 bridgehead atoms. The third kappa shape index (κ3) is 2.48. The summed E-state index contributed by atoms with van der Waals surface area (Å²) in [7, 11) is 3.25. The van der Waals surface area contributed by atoms with Crippen LogP contribution in [0.4, 0.5) is 10.5 Å². The maximum atomic E-state index is 12.8. The highest BCUT2D eigenvalue weighted by Crippen LogP contribution is 2.34. The van der Waals surface area contributed by atoms with Gasteiger partial charge in [-0.1, -0.05) is 18.2 Å². The fraction of sp³-hybridized carbons (Fsp3) is 0.500. The summed E-state index contributed by atoms with van der Waals surface area (Å²) in [5, 5.41) is 2.94. The van der Waals surface area contributed by atoms with Crippen molar-refractivity contribution in [2.75, 3.05) is 19.1 Å². The van der Waals surface area contributed by atoms with E-state index < -0.39 is 0 Å². The van der Waals surface area contributed by atoms with Crippen molar-refractivity contribution < 1.29 is 19.1 Å². The number of fused-ring (bicyclic) bond motifs is 1. The summed E-state index contributed by atoms with van der Waals surface area (Å²) in [5.74, 6) is -0.453. The molecule has 1 aromatic carbocycles. The predicted octanol–water partition coefficient (Wildman–Crippen LogP) is 1.55. The van der Waals surface area contributed by atoms with Crippen LogP contribution in [-0.2, 0) is 14.3 Å². The van der Waals surface area contributed by atoms with E-state index in [4.69, 9.17) is 9.47 Å². The minimum absolute atomic E-state index is 0.109. The first kappa shape index (κ1) is 15.0. The number of amides is 3. The van der Waals surface area contributed by atoms with Crippen molar-refractivity contribution in [3.63, 3.8) is 0 Å². The van der Waals surface area contributed by atoms with Crippen LogP contribution in [0.3, 0.4) is 0 Å². The molecule has 118 valence electrons. The van der Waals surface area contributed by atoms with Crippen molar-refractivity contribution in [1.82, 2.24) is 5.32 Å². The summed E-state index contributed by atoms with van der Waals surface area (Å²) in [4.78, 5) is 26.3. The van der Waals surface area contributed by atoms with Crippen molar-refractivity contribution >= 4 is 17.6 Å². The van der Waals surface area contributed by atoms with Crippen LogP contribution in [0.25, 0.3) is 0 Å². The second-order valence-electron chi connectivity index (χ2n) is 5.69. The summed E-state index contributed by atoms with van der Waals surface area (Å²) in [6.45, 7) is 0. The fourth-order valence-corrected chi connectivity index (χ4v) is 3.37. The lowest BCUT2D eigenvalue weighted by atomic mass is 9.79. The SMILES string of the molecule is COC1CC2NC(=O)N(c3ccccc3)C(=O)C2CC1OC. The Bertz CT molecular complexity index is 563. The molecular weight excluding hydrogens is 284 g/mol. The number of hydrogen-bond acceptors (Lipinski definition) is 4. The zero-order chi connectivity index (χ0) is 15.7. The number of nitrogens with one attached hydrogen (secondary N) is 1. The summed E-state index contributed by atoms with van der Waals surface area (Å²) in [5.41, 5.74) is 0.589. The first-order valence-electron chi connectivity index (χ1n) is 7.40. The Morgan fingerprint density at radius 2 is 1.68 bits per heavy atom. The van der Waals surface area contributed by atoms with Gasteiger partial charge in [-0.05, 0) is 25.0 Å². The largest absolute Gasteiger partial charge is 0.379 e. The highest BCUT2D eigenvalue weighted by atomic mass is 16.5. The Morgan fingerprint density at radius 3 is 2.32 bits per heavy atom. The molecule has 4 unspecified atom stereocenters. The second-order valence-corrected chi connectivity index (χ2v) is 5.69. The van der Waals surface area contributed by atoms with Gasteiger partial charge in [0, 0.05) is 20.3 Å². The van der Waals surface area contributed by atoms with Gasteiger partial charge in [0.1, 0.15) is 0 Å². The van der Waals surface area contributed by atoms with E-state index in [-0.39, 0.29) is 36.1 Å². The van der Waals surface area contributed by atoms with Crippen LogP contribution in [0.15, 0.2) is 30.3 Å². The molecule has 4 atom stereocenters. The number of imide groups is 1. The number of ether oxygens (including phenoxy) is 2. The van der Waals surface area contributed by atoms with Crippen molar-refractivity contribution in [2.24, 2.45) is 5.92 Å². The zero-order valence-electron chi connectivity index (χ0n) is 12.7. The number of anilines is 1. The Kier molecular flexibility index (Phi) is 4.13. The van der Waals surface area contributed by atoms with Gasteiger partial charge >= 0.3 is 6.03 Å². The van der Waals surface area contributed by atoms with Gasteiger partial charge < -0.3 is 14.8 Å². The molecule has 2 fully saturated rings. The topological polar surface area (TPSA) is 67.9 Å². The number of nitrogens with zero attached hydrogens (tertiary/aromatic N) is 1. The fourth-order valence-electron chi connectivity index (χ4n) is 3.37. The molecule has 3 amide bonds. The molecule has 1 N–H and O–H groups in total. The van der Waals surface area contributed by atoms with E-state index in [1.165, 1.54) is 4.90 Å². The standard InChI is InChI=1S/C16H20N2O4/c1-21-13-8-11-12(9-14(13)22-2)17-16(20)18(15(11)19)10-6-4-3-5-7-10/h3-7,11-14H,8-9H2,1-2H3,(H,17,20). The third-order valence-electron chi connectivity index (χ3n) is 4.54. The molecule has 1 heterocycles. The average Bonchev–Trinajstić information content (AvgIpc) is 2.54. The monoisotopic (exact) mass is 304 g/mol. The Balaban J connectivity index is 1.86. The van der Waals surface area contributed by atoms with Crippen LogP contribution < -0.4 is 10.2 Å². The molecule has 22 heavy (non-hydrogen) atoms. The first-order valence-corrected chi connectivity index (χ1v) is 7.40. The van der Waals surface area contributed by atoms with E-state index in [9.17, 15) is 9.59 Å². The van der Waals surface area contributed by atoms with Gasteiger partial charge in [0.05, 0.1) is 23.8 Å². The molecule has 0 aromatic heterocycles. The Labute approximate surface area is 129 Å². The van der Waals surface area contributed by atoms with Gasteiger partial charge in [0.25, 0.3) is 0 Å². The van der Waals surface area contributed by atoms with E-state index in [2.05, 4.69) is 5.32 Å². The van der Waals surface area contributed by atoms with E-state index >= 15 is 0 Å². The average molecular weight is 304 g/mol. The summed E-state index contributed by atoms with van der Waals surface area (Å²) < 4.78 is 10.9. The minimum Gasteiger partial charge on any atom is -0.379 e. The van der Waals surface area contributed by atoms with Gasteiger partial charge in [-0.15, -0.1) is 0 Å². The van der Waals surface area contributed by atoms with Crippen LogP contribution in [0.1, 0.15) is 12.8 Å². The molecule has 1 aliphatic heterocycles. The number of hydrogen-bond donors (Lipinski definition) is 1. The van der Waals surface area contributed by atoms with Crippen molar-refractivity contribution in [3.8, 4) is 0 Å². The lowest BCUT2D eigenvalue weighted by molar-refractivity contribution is -0.132. The lowest BCUT2D eigenvalue weighted by Crippen LogP contribution is -2.64. The number of methoxy groups -OCH3 is 2. The molecule has 2 aliphatic rings. The number of para-hydroxylation sites is 1. The van der Waals surface area contributed by atoms with Gasteiger partial charge in [0.15, 0.2) is 0 Å². The van der Waals surface area contributed by atoms with E-state index in [1.54, 1.807) is 26.4 Å². The predicted molar refractivity (Wildman–Crippen MR) is 80.6 cm³/mol. The van der Waals surface area contributed by atoms with Crippen LogP contribution in [0.5, 0.6) is 0 Å². The lowest BCUT2D eigenvalue weighted by Gasteiger charge is -2.44. The van der Waals surface area contributed by atoms with E-state index in [1.807, 2.05) is 18.2 Å². The maximum Gasteiger partial charge on any atom is 0.328 e. The molecule has 6 heteroatoms. The third-order valence-corrected chi connectivity index (χ3v) is 4.54. The molecule has 3 rings (SSSR count). The summed E-state index contributed by atoms with van der Waals surface area (Å²) in [6.07, 6.45) is 0.882. The molecule has 1 aliphatic carbocycles. The molecule has 1 aromatic rings. The Hall–Kier alpha value is -1.92. The molecule has 1 saturated carbocycles. The van der Waals surface area contributed by atoms with Crippen LogP contribution in [-0.4, -0.2) is 44.4 Å². The van der Waals surface area contributed by atoms with Crippen molar-refractivity contribution in [1.29, 1.82) is 0 Å². The molecular formula is C16H20N2O4. The van der Waals surface area contributed by atoms with Crippen LogP contribution in [0, 0.1) is 5.92 Å². The van der Waals surface area contributed by atoms with Gasteiger partial charge in [-0.2, -0.15) is 0 Å². The smallest absolute Gasteiger partial charge is 0.328 e. The quantitative estimate of drug-likeness (QED) is 0.920. The number of carbonyl (C=O) groups is 2. The number of urea groups is 1. The molecule has 6 nitrogen and oxygen atoms in total. The highest BCUT2D eigenvalue weighted by molar-refractivity contribution is 6.17. The maximum absolute atomic E-state index is 12.8. The number of rotatable bonds is 3. The van der Waals surface area contributed by atoms with Gasteiger partial charge in [0.2, 0.25) is 5.91 Å². The summed E-state index contributed by atoms with van der Waals surface area (Å²) in [6, 6.07) is 8.41. The van der Waals surface area contributed by atoms with Crippen molar-refractivity contribution in [2.45, 2.75) is 31.1 Å². The normalized spacial score (nSPS) is 31.6. The summed E-state index contributed by atoms with van der Waals surface area (Å²) >= 11 is 0. The first-order chi connectivity index (χ1) is 10.7. The van der Waals surface area contributed by atoms with Gasteiger partial charge in [-0.25, -0.2) is 9.69 Å². The molecule has 1 saturated heterocycles. The number of carbonyl (C=O) groups excluding carboxylic acids is 2. The van der Waals surface area contributed by atoms with Gasteiger partial charge in [-0.3, -0.25) is 4.79 Å². The van der Waals surface area contributed by atoms with Crippen molar-refractivity contribution in [3.05, 3.63) is 30.3 Å². The highest BCUT2D eigenvalue weighted by Gasteiger charge is 2.48. The van der Waals surface area contributed by atoms with Crippen LogP contribution >= 0.6 is 0 Å². The minimum atomic E-state index is -0.372. The van der Waals surface area contributed by atoms with E-state index in [0.717, 1.165) is 0 Å². The molecule has 0 radical (unpaired) electrons. The van der Waals surface area contributed by atoms with Crippen LogP contribution in [0.2, 0.25) is 0 Å². The second kappa shape index (κ2) is 6.06. The zero-order valence-corrected chi connectivity index (χ0v) is 12.7. The van der Waals surface area contributed by atoms with E-state index in [0.29, 0.717) is 18.5 Å².